The van der Waals surface area contributed by atoms with Crippen LogP contribution in [0.1, 0.15) is 19.3 Å². The molecule has 0 aliphatic heterocycles. The van der Waals surface area contributed by atoms with Gasteiger partial charge in [0, 0.05) is 11.5 Å². The monoisotopic (exact) mass is 419 g/mol. The van der Waals surface area contributed by atoms with Crippen molar-refractivity contribution in [3.05, 3.63) is 10.4 Å². The smallest absolute Gasteiger partial charge is 0.326 e. The standard InChI is InChI=1S/C17H33N5O7/c1-19-5-3-2-4-15(17(24)25)21-16(23)14-29-13-12-28-11-10-27-9-8-26-7-6-20-22-18/h15,19H,2-14H2,1H3,(H,21,23)(H,24,25)/t15-/m0/s1. The maximum Gasteiger partial charge on any atom is 0.326 e. The Balaban J connectivity index is 3.51. The molecule has 0 aromatic carbocycles. The molecule has 0 aliphatic rings. The minimum atomic E-state index is -1.05. The van der Waals surface area contributed by atoms with Crippen molar-refractivity contribution in [1.82, 2.24) is 10.6 Å². The van der Waals surface area contributed by atoms with Crippen molar-refractivity contribution in [3.63, 3.8) is 0 Å². The molecule has 29 heavy (non-hydrogen) atoms. The lowest BCUT2D eigenvalue weighted by Crippen LogP contribution is -2.42. The maximum absolute atomic E-state index is 11.8. The van der Waals surface area contributed by atoms with Crippen LogP contribution in [0.15, 0.2) is 5.11 Å². The molecule has 168 valence electrons. The number of amides is 1. The lowest BCUT2D eigenvalue weighted by molar-refractivity contribution is -0.142. The van der Waals surface area contributed by atoms with Crippen LogP contribution >= 0.6 is 0 Å². The van der Waals surface area contributed by atoms with E-state index in [0.717, 1.165) is 13.0 Å². The van der Waals surface area contributed by atoms with Gasteiger partial charge in [0.1, 0.15) is 12.6 Å². The molecular formula is C17H33N5O7. The minimum absolute atomic E-state index is 0.215. The van der Waals surface area contributed by atoms with Crippen LogP contribution < -0.4 is 10.6 Å². The number of carboxylic acids is 1. The number of unbranched alkanes of at least 4 members (excludes halogenated alkanes) is 1. The Morgan fingerprint density at radius 3 is 2.14 bits per heavy atom. The van der Waals surface area contributed by atoms with Gasteiger partial charge < -0.3 is 34.7 Å². The number of nitrogens with zero attached hydrogens (tertiary/aromatic N) is 3. The van der Waals surface area contributed by atoms with E-state index < -0.39 is 17.9 Å². The van der Waals surface area contributed by atoms with E-state index in [-0.39, 0.29) is 13.2 Å². The number of carboxylic acid groups (broad SMARTS) is 1. The van der Waals surface area contributed by atoms with Crippen LogP contribution in [-0.2, 0) is 28.5 Å². The van der Waals surface area contributed by atoms with Crippen molar-refractivity contribution in [2.75, 3.05) is 73.0 Å². The summed E-state index contributed by atoms with van der Waals surface area (Å²) >= 11 is 0. The van der Waals surface area contributed by atoms with Gasteiger partial charge in [-0.2, -0.15) is 0 Å². The first kappa shape index (κ1) is 27.0. The van der Waals surface area contributed by atoms with Crippen molar-refractivity contribution in [3.8, 4) is 0 Å². The van der Waals surface area contributed by atoms with Gasteiger partial charge in [0.05, 0.1) is 46.2 Å². The third kappa shape index (κ3) is 19.2. The number of hydrogen-bond acceptors (Lipinski definition) is 8. The van der Waals surface area contributed by atoms with Crippen molar-refractivity contribution < 1.29 is 33.6 Å². The second-order valence-corrected chi connectivity index (χ2v) is 5.90. The van der Waals surface area contributed by atoms with E-state index in [4.69, 9.17) is 29.6 Å². The number of carbonyl (C=O) groups is 2. The maximum atomic E-state index is 11.8. The zero-order chi connectivity index (χ0) is 21.6. The highest BCUT2D eigenvalue weighted by atomic mass is 16.6. The molecule has 0 aromatic heterocycles. The molecule has 0 aromatic rings. The highest BCUT2D eigenvalue weighted by molar-refractivity contribution is 5.84. The number of hydrogen-bond donors (Lipinski definition) is 3. The molecule has 0 saturated carbocycles. The quantitative estimate of drug-likeness (QED) is 0.104. The SMILES string of the molecule is CNCCCC[C@H](NC(=O)COCCOCCOCCOCCN=[N+]=[N-])C(=O)O. The zero-order valence-corrected chi connectivity index (χ0v) is 17.0. The molecule has 0 heterocycles. The van der Waals surface area contributed by atoms with Crippen molar-refractivity contribution in [1.29, 1.82) is 0 Å². The lowest BCUT2D eigenvalue weighted by Gasteiger charge is -2.14. The second-order valence-electron chi connectivity index (χ2n) is 5.90. The predicted octanol–water partition coefficient (Wildman–Crippen LogP) is 0.322. The van der Waals surface area contributed by atoms with Crippen LogP contribution in [0, 0.1) is 0 Å². The van der Waals surface area contributed by atoms with Gasteiger partial charge in [-0.15, -0.1) is 0 Å². The zero-order valence-electron chi connectivity index (χ0n) is 17.0. The van der Waals surface area contributed by atoms with E-state index in [1.165, 1.54) is 0 Å². The highest BCUT2D eigenvalue weighted by Gasteiger charge is 2.19. The normalized spacial score (nSPS) is 11.6. The second kappa shape index (κ2) is 20.8. The molecule has 0 bridgehead atoms. The van der Waals surface area contributed by atoms with E-state index in [1.54, 1.807) is 0 Å². The van der Waals surface area contributed by atoms with Gasteiger partial charge in [-0.3, -0.25) is 4.79 Å². The summed E-state index contributed by atoms with van der Waals surface area (Å²) in [6.45, 7) is 3.36. The number of aliphatic carboxylic acids is 1. The summed E-state index contributed by atoms with van der Waals surface area (Å²) in [5.41, 5.74) is 8.08. The van der Waals surface area contributed by atoms with E-state index in [2.05, 4.69) is 20.7 Å². The Morgan fingerprint density at radius 2 is 1.59 bits per heavy atom. The molecule has 0 radical (unpaired) electrons. The van der Waals surface area contributed by atoms with Crippen LogP contribution in [0.25, 0.3) is 10.4 Å². The third-order valence-electron chi connectivity index (χ3n) is 3.55. The first-order valence-electron chi connectivity index (χ1n) is 9.60. The van der Waals surface area contributed by atoms with Crippen LogP contribution in [-0.4, -0.2) is 96.0 Å². The Kier molecular flexibility index (Phi) is 19.4. The van der Waals surface area contributed by atoms with Crippen LogP contribution in [0.5, 0.6) is 0 Å². The van der Waals surface area contributed by atoms with Crippen molar-refractivity contribution in [2.45, 2.75) is 25.3 Å². The van der Waals surface area contributed by atoms with Crippen LogP contribution in [0.3, 0.4) is 0 Å². The first-order valence-corrected chi connectivity index (χ1v) is 9.60. The van der Waals surface area contributed by atoms with Gasteiger partial charge >= 0.3 is 5.97 Å². The number of ether oxygens (including phenoxy) is 4. The van der Waals surface area contributed by atoms with Gasteiger partial charge in [0.15, 0.2) is 0 Å². The number of carbonyl (C=O) groups excluding carboxylic acids is 1. The summed E-state index contributed by atoms with van der Waals surface area (Å²) in [6.07, 6.45) is 1.93. The fourth-order valence-electron chi connectivity index (χ4n) is 2.12. The molecule has 12 nitrogen and oxygen atoms in total. The fourth-order valence-corrected chi connectivity index (χ4v) is 2.12. The van der Waals surface area contributed by atoms with E-state index in [1.807, 2.05) is 7.05 Å². The predicted molar refractivity (Wildman–Crippen MR) is 105 cm³/mol. The molecule has 1 amide bonds. The minimum Gasteiger partial charge on any atom is -0.480 e. The van der Waals surface area contributed by atoms with Gasteiger partial charge in [0.2, 0.25) is 5.91 Å². The van der Waals surface area contributed by atoms with E-state index in [9.17, 15) is 9.59 Å². The Hall–Kier alpha value is -1.95. The van der Waals surface area contributed by atoms with Gasteiger partial charge in [0.25, 0.3) is 0 Å². The topological polar surface area (TPSA) is 164 Å². The lowest BCUT2D eigenvalue weighted by atomic mass is 10.1. The summed E-state index contributed by atoms with van der Waals surface area (Å²) in [4.78, 5) is 25.5. The van der Waals surface area contributed by atoms with Gasteiger partial charge in [-0.25, -0.2) is 4.79 Å². The number of nitrogens with one attached hydrogen (secondary N) is 2. The third-order valence-corrected chi connectivity index (χ3v) is 3.55. The first-order chi connectivity index (χ1) is 14.1. The van der Waals surface area contributed by atoms with E-state index in [0.29, 0.717) is 59.0 Å². The van der Waals surface area contributed by atoms with E-state index >= 15 is 0 Å². The average Bonchev–Trinajstić information content (AvgIpc) is 2.70. The fraction of sp³-hybridized carbons (Fsp3) is 0.882. The van der Waals surface area contributed by atoms with Crippen molar-refractivity contribution >= 4 is 11.9 Å². The largest absolute Gasteiger partial charge is 0.480 e. The molecule has 0 unspecified atom stereocenters. The van der Waals surface area contributed by atoms with Crippen LogP contribution in [0.4, 0.5) is 0 Å². The van der Waals surface area contributed by atoms with Gasteiger partial charge in [-0.1, -0.05) is 5.11 Å². The van der Waals surface area contributed by atoms with Crippen molar-refractivity contribution in [2.24, 2.45) is 5.11 Å². The van der Waals surface area contributed by atoms with Gasteiger partial charge in [-0.05, 0) is 38.4 Å². The highest BCUT2D eigenvalue weighted by Crippen LogP contribution is 2.01. The molecule has 3 N–H and O–H groups in total. The molecule has 0 rings (SSSR count). The summed E-state index contributed by atoms with van der Waals surface area (Å²) < 4.78 is 20.9. The average molecular weight is 419 g/mol. The number of azide groups is 1. The molecule has 0 saturated heterocycles. The molecule has 0 spiro atoms. The Morgan fingerprint density at radius 1 is 1.00 bits per heavy atom. The Bertz CT molecular complexity index is 475. The summed E-state index contributed by atoms with van der Waals surface area (Å²) in [7, 11) is 1.83. The molecule has 0 fully saturated rings. The number of rotatable bonds is 21. The summed E-state index contributed by atoms with van der Waals surface area (Å²) in [5, 5.41) is 17.9. The molecular weight excluding hydrogens is 386 g/mol. The Labute approximate surface area is 170 Å². The van der Waals surface area contributed by atoms with Crippen LogP contribution in [0.2, 0.25) is 0 Å². The molecule has 0 aliphatic carbocycles. The molecule has 1 atom stereocenters. The summed E-state index contributed by atoms with van der Waals surface area (Å²) in [6, 6.07) is -0.903. The summed E-state index contributed by atoms with van der Waals surface area (Å²) in [5.74, 6) is -1.51. The molecule has 12 heteroatoms.